The molecule has 5 heteroatoms. The molecular formula is C16H21N3OS. The lowest BCUT2D eigenvalue weighted by Gasteiger charge is -2.21. The fraction of sp³-hybridized carbons (Fsp3) is 0.438. The molecule has 1 aromatic heterocycles. The minimum absolute atomic E-state index is 0.542. The largest absolute Gasteiger partial charge is 0.388 e. The predicted molar refractivity (Wildman–Crippen MR) is 87.2 cm³/mol. The summed E-state index contributed by atoms with van der Waals surface area (Å²) in [4.78, 5) is 0. The van der Waals surface area contributed by atoms with Crippen LogP contribution in [0, 0.1) is 0 Å². The van der Waals surface area contributed by atoms with E-state index in [0.29, 0.717) is 6.54 Å². The molecule has 1 aromatic carbocycles. The Balaban J connectivity index is 1.68. The molecule has 1 unspecified atom stereocenters. The van der Waals surface area contributed by atoms with Gasteiger partial charge >= 0.3 is 0 Å². The highest BCUT2D eigenvalue weighted by Gasteiger charge is 2.31. The summed E-state index contributed by atoms with van der Waals surface area (Å²) < 4.78 is 1.85. The second-order valence-electron chi connectivity index (χ2n) is 5.67. The van der Waals surface area contributed by atoms with Crippen LogP contribution in [0.5, 0.6) is 0 Å². The quantitative estimate of drug-likeness (QED) is 0.887. The van der Waals surface area contributed by atoms with E-state index in [1.807, 2.05) is 47.9 Å². The molecule has 1 fully saturated rings. The molecule has 0 saturated carbocycles. The minimum atomic E-state index is -0.542. The van der Waals surface area contributed by atoms with E-state index in [-0.39, 0.29) is 0 Å². The van der Waals surface area contributed by atoms with Gasteiger partial charge in [0.1, 0.15) is 0 Å². The van der Waals surface area contributed by atoms with Crippen molar-refractivity contribution >= 4 is 11.8 Å². The van der Waals surface area contributed by atoms with Crippen molar-refractivity contribution in [1.82, 2.24) is 15.1 Å². The fourth-order valence-electron chi connectivity index (χ4n) is 2.67. The van der Waals surface area contributed by atoms with E-state index in [1.165, 1.54) is 0 Å². The number of thioether (sulfide) groups is 1. The summed E-state index contributed by atoms with van der Waals surface area (Å²) in [6, 6.07) is 10.2. The first-order valence-corrected chi connectivity index (χ1v) is 8.41. The van der Waals surface area contributed by atoms with E-state index in [0.717, 1.165) is 41.3 Å². The molecule has 2 aromatic rings. The van der Waals surface area contributed by atoms with Crippen molar-refractivity contribution in [3.63, 3.8) is 0 Å². The summed E-state index contributed by atoms with van der Waals surface area (Å²) >= 11 is 1.82. The SMILES string of the molecule is Cn1cc(CNCC2(O)CCSC2)c(-c2ccccc2)n1. The zero-order valence-electron chi connectivity index (χ0n) is 12.2. The highest BCUT2D eigenvalue weighted by molar-refractivity contribution is 7.99. The Morgan fingerprint density at radius 1 is 1.38 bits per heavy atom. The third-order valence-corrected chi connectivity index (χ3v) is 5.04. The standard InChI is InChI=1S/C16H21N3OS/c1-19-10-14(9-17-11-16(20)7-8-21-12-16)15(18-19)13-5-3-2-4-6-13/h2-6,10,17,20H,7-9,11-12H2,1H3. The number of aliphatic hydroxyl groups is 1. The molecular weight excluding hydrogens is 282 g/mol. The highest BCUT2D eigenvalue weighted by Crippen LogP contribution is 2.27. The number of nitrogens with one attached hydrogen (secondary N) is 1. The van der Waals surface area contributed by atoms with Crippen LogP contribution in [0.15, 0.2) is 36.5 Å². The topological polar surface area (TPSA) is 50.1 Å². The molecule has 0 amide bonds. The maximum absolute atomic E-state index is 10.4. The number of aromatic nitrogens is 2. The lowest BCUT2D eigenvalue weighted by molar-refractivity contribution is 0.0675. The van der Waals surface area contributed by atoms with Gasteiger partial charge in [0.05, 0.1) is 11.3 Å². The van der Waals surface area contributed by atoms with Crippen LogP contribution >= 0.6 is 11.8 Å². The van der Waals surface area contributed by atoms with Crippen LogP contribution in [0.3, 0.4) is 0 Å². The van der Waals surface area contributed by atoms with Gasteiger partial charge < -0.3 is 10.4 Å². The zero-order chi connectivity index (χ0) is 14.7. The Labute approximate surface area is 129 Å². The van der Waals surface area contributed by atoms with Gasteiger partial charge in [-0.2, -0.15) is 16.9 Å². The summed E-state index contributed by atoms with van der Waals surface area (Å²) in [5.74, 6) is 1.89. The predicted octanol–water partition coefficient (Wildman–Crippen LogP) is 2.04. The average molecular weight is 303 g/mol. The van der Waals surface area contributed by atoms with Crippen LogP contribution in [-0.2, 0) is 13.6 Å². The molecule has 0 radical (unpaired) electrons. The molecule has 1 aliphatic rings. The Morgan fingerprint density at radius 3 is 2.90 bits per heavy atom. The van der Waals surface area contributed by atoms with Crippen LogP contribution in [0.1, 0.15) is 12.0 Å². The van der Waals surface area contributed by atoms with E-state index < -0.39 is 5.60 Å². The van der Waals surface area contributed by atoms with Crippen molar-refractivity contribution in [2.75, 3.05) is 18.1 Å². The van der Waals surface area contributed by atoms with Gasteiger partial charge in [-0.25, -0.2) is 0 Å². The summed E-state index contributed by atoms with van der Waals surface area (Å²) in [6.45, 7) is 1.37. The smallest absolute Gasteiger partial charge is 0.0967 e. The average Bonchev–Trinajstić information content (AvgIpc) is 3.07. The number of benzene rings is 1. The third-order valence-electron chi connectivity index (χ3n) is 3.80. The molecule has 4 nitrogen and oxygen atoms in total. The minimum Gasteiger partial charge on any atom is -0.388 e. The summed E-state index contributed by atoms with van der Waals surface area (Å²) in [5.41, 5.74) is 2.76. The van der Waals surface area contributed by atoms with E-state index >= 15 is 0 Å². The summed E-state index contributed by atoms with van der Waals surface area (Å²) in [7, 11) is 1.94. The van der Waals surface area contributed by atoms with E-state index in [9.17, 15) is 5.11 Å². The first-order valence-electron chi connectivity index (χ1n) is 7.25. The molecule has 2 heterocycles. The maximum atomic E-state index is 10.4. The van der Waals surface area contributed by atoms with E-state index in [1.54, 1.807) is 0 Å². The maximum Gasteiger partial charge on any atom is 0.0967 e. The van der Waals surface area contributed by atoms with E-state index in [4.69, 9.17) is 0 Å². The van der Waals surface area contributed by atoms with Gasteiger partial charge in [-0.3, -0.25) is 4.68 Å². The molecule has 2 N–H and O–H groups in total. The van der Waals surface area contributed by atoms with Crippen molar-refractivity contribution in [2.24, 2.45) is 7.05 Å². The molecule has 3 rings (SSSR count). The molecule has 1 atom stereocenters. The first-order chi connectivity index (χ1) is 10.2. The summed E-state index contributed by atoms with van der Waals surface area (Å²) in [5, 5.41) is 18.3. The molecule has 0 bridgehead atoms. The fourth-order valence-corrected chi connectivity index (χ4v) is 3.97. The molecule has 0 spiro atoms. The van der Waals surface area contributed by atoms with Gasteiger partial charge in [0.25, 0.3) is 0 Å². The Morgan fingerprint density at radius 2 is 2.19 bits per heavy atom. The van der Waals surface area contributed by atoms with Gasteiger partial charge in [0.2, 0.25) is 0 Å². The Kier molecular flexibility index (Phi) is 4.33. The van der Waals surface area contributed by atoms with E-state index in [2.05, 4.69) is 22.5 Å². The van der Waals surface area contributed by atoms with Crippen LogP contribution in [0.2, 0.25) is 0 Å². The van der Waals surface area contributed by atoms with Gasteiger partial charge in [-0.05, 0) is 12.2 Å². The second-order valence-corrected chi connectivity index (χ2v) is 6.78. The summed E-state index contributed by atoms with van der Waals surface area (Å²) in [6.07, 6.45) is 2.92. The number of hydrogen-bond donors (Lipinski definition) is 2. The number of aryl methyl sites for hydroxylation is 1. The lowest BCUT2D eigenvalue weighted by atomic mass is 10.0. The van der Waals surface area contributed by atoms with Crippen LogP contribution in [0.4, 0.5) is 0 Å². The number of hydrogen-bond acceptors (Lipinski definition) is 4. The van der Waals surface area contributed by atoms with Gasteiger partial charge in [-0.1, -0.05) is 30.3 Å². The van der Waals surface area contributed by atoms with Crippen LogP contribution in [0.25, 0.3) is 11.3 Å². The molecule has 112 valence electrons. The lowest BCUT2D eigenvalue weighted by Crippen LogP contribution is -2.40. The van der Waals surface area contributed by atoms with Gasteiger partial charge in [0.15, 0.2) is 0 Å². The monoisotopic (exact) mass is 303 g/mol. The van der Waals surface area contributed by atoms with Crippen molar-refractivity contribution in [3.05, 3.63) is 42.1 Å². The Hall–Kier alpha value is -1.30. The van der Waals surface area contributed by atoms with Crippen molar-refractivity contribution < 1.29 is 5.11 Å². The highest BCUT2D eigenvalue weighted by atomic mass is 32.2. The molecule has 1 saturated heterocycles. The normalized spacial score (nSPS) is 21.8. The van der Waals surface area contributed by atoms with Crippen molar-refractivity contribution in [2.45, 2.75) is 18.6 Å². The molecule has 1 aliphatic heterocycles. The van der Waals surface area contributed by atoms with Crippen molar-refractivity contribution in [3.8, 4) is 11.3 Å². The van der Waals surface area contributed by atoms with Crippen LogP contribution < -0.4 is 5.32 Å². The zero-order valence-corrected chi connectivity index (χ0v) is 13.1. The van der Waals surface area contributed by atoms with Crippen LogP contribution in [-0.4, -0.2) is 38.5 Å². The van der Waals surface area contributed by atoms with Crippen molar-refractivity contribution in [1.29, 1.82) is 0 Å². The number of rotatable bonds is 5. The molecule has 0 aliphatic carbocycles. The van der Waals surface area contributed by atoms with Gasteiger partial charge in [0, 0.05) is 43.2 Å². The third kappa shape index (κ3) is 3.48. The first kappa shape index (κ1) is 14.6. The Bertz CT molecular complexity index is 591. The second kappa shape index (κ2) is 6.22. The van der Waals surface area contributed by atoms with Gasteiger partial charge in [-0.15, -0.1) is 0 Å². The molecule has 21 heavy (non-hydrogen) atoms. The number of nitrogens with zero attached hydrogens (tertiary/aromatic N) is 2.